The average Bonchev–Trinajstić information content (AvgIpc) is 2.91. The highest BCUT2D eigenvalue weighted by atomic mass is 35.5. The van der Waals surface area contributed by atoms with E-state index < -0.39 is 0 Å². The molecule has 0 bridgehead atoms. The summed E-state index contributed by atoms with van der Waals surface area (Å²) in [6.07, 6.45) is 1.38. The van der Waals surface area contributed by atoms with Gasteiger partial charge in [-0.2, -0.15) is 0 Å². The van der Waals surface area contributed by atoms with E-state index in [0.29, 0.717) is 13.1 Å². The summed E-state index contributed by atoms with van der Waals surface area (Å²) in [5.74, 6) is 0. The normalized spacial score (nSPS) is 11.1. The van der Waals surface area contributed by atoms with Gasteiger partial charge in [0.2, 0.25) is 0 Å². The second-order valence-corrected chi connectivity index (χ2v) is 6.42. The van der Waals surface area contributed by atoms with Gasteiger partial charge in [0.15, 0.2) is 0 Å². The van der Waals surface area contributed by atoms with E-state index in [4.69, 9.17) is 11.6 Å². The van der Waals surface area contributed by atoms with Crippen LogP contribution in [0.5, 0.6) is 0 Å². The first kappa shape index (κ1) is 14.3. The molecule has 0 amide bonds. The van der Waals surface area contributed by atoms with Crippen LogP contribution in [0, 0.1) is 0 Å². The molecule has 0 radical (unpaired) electrons. The van der Waals surface area contributed by atoms with E-state index in [9.17, 15) is 4.79 Å². The largest absolute Gasteiger partial charge is 0.310 e. The molecule has 0 aliphatic heterocycles. The lowest BCUT2D eigenvalue weighted by atomic mass is 10.3. The molecule has 3 aromatic rings. The zero-order valence-corrected chi connectivity index (χ0v) is 12.8. The second-order valence-electron chi connectivity index (χ2n) is 4.62. The smallest absolute Gasteiger partial charge is 0.269 e. The summed E-state index contributed by atoms with van der Waals surface area (Å²) in [6.45, 7) is 2.08. The predicted octanol–water partition coefficient (Wildman–Crippen LogP) is 2.90. The molecule has 0 atom stereocenters. The highest BCUT2D eigenvalue weighted by molar-refractivity contribution is 7.16. The third-order valence-corrected chi connectivity index (χ3v) is 4.42. The Labute approximate surface area is 131 Å². The van der Waals surface area contributed by atoms with Crippen molar-refractivity contribution in [1.29, 1.82) is 0 Å². The van der Waals surface area contributed by atoms with E-state index in [0.717, 1.165) is 21.9 Å². The Balaban J connectivity index is 1.68. The van der Waals surface area contributed by atoms with Gasteiger partial charge in [-0.3, -0.25) is 4.79 Å². The van der Waals surface area contributed by atoms with Gasteiger partial charge < -0.3 is 9.88 Å². The topological polar surface area (TPSA) is 46.9 Å². The van der Waals surface area contributed by atoms with E-state index >= 15 is 0 Å². The standard InChI is InChI=1S/C15H14ClN3OS/c16-14-6-5-11(21-14)9-17-7-8-19-13-4-2-1-3-12(13)18-10-15(19)20/h1-6,10,17H,7-9H2. The number of hydrogen-bond donors (Lipinski definition) is 1. The summed E-state index contributed by atoms with van der Waals surface area (Å²) < 4.78 is 2.54. The molecule has 0 saturated heterocycles. The van der Waals surface area contributed by atoms with Crippen LogP contribution in [0.2, 0.25) is 4.34 Å². The molecule has 21 heavy (non-hydrogen) atoms. The van der Waals surface area contributed by atoms with Crippen LogP contribution < -0.4 is 10.9 Å². The van der Waals surface area contributed by atoms with Gasteiger partial charge in [0.25, 0.3) is 5.56 Å². The minimum absolute atomic E-state index is 0.0744. The Hall–Kier alpha value is -1.69. The fourth-order valence-corrected chi connectivity index (χ4v) is 3.25. The zero-order valence-electron chi connectivity index (χ0n) is 11.3. The Kier molecular flexibility index (Phi) is 4.34. The number of aromatic nitrogens is 2. The number of para-hydroxylation sites is 2. The summed E-state index contributed by atoms with van der Waals surface area (Å²) in [4.78, 5) is 17.3. The fourth-order valence-electron chi connectivity index (χ4n) is 2.19. The average molecular weight is 320 g/mol. The Morgan fingerprint density at radius 2 is 2.10 bits per heavy atom. The van der Waals surface area contributed by atoms with E-state index in [-0.39, 0.29) is 5.56 Å². The van der Waals surface area contributed by atoms with Crippen LogP contribution >= 0.6 is 22.9 Å². The van der Waals surface area contributed by atoms with Crippen molar-refractivity contribution in [3.63, 3.8) is 0 Å². The van der Waals surface area contributed by atoms with Crippen molar-refractivity contribution in [1.82, 2.24) is 14.9 Å². The number of hydrogen-bond acceptors (Lipinski definition) is 4. The van der Waals surface area contributed by atoms with E-state index in [2.05, 4.69) is 10.3 Å². The summed E-state index contributed by atoms with van der Waals surface area (Å²) in [6, 6.07) is 11.6. The maximum absolute atomic E-state index is 12.0. The lowest BCUT2D eigenvalue weighted by Gasteiger charge is -2.09. The number of fused-ring (bicyclic) bond motifs is 1. The molecule has 2 heterocycles. The van der Waals surface area contributed by atoms with Crippen LogP contribution in [0.4, 0.5) is 0 Å². The lowest BCUT2D eigenvalue weighted by molar-refractivity contribution is 0.599. The molecule has 4 nitrogen and oxygen atoms in total. The summed E-state index contributed by atoms with van der Waals surface area (Å²) in [5, 5.41) is 3.33. The van der Waals surface area contributed by atoms with Crippen molar-refractivity contribution in [2.45, 2.75) is 13.1 Å². The predicted molar refractivity (Wildman–Crippen MR) is 87.0 cm³/mol. The monoisotopic (exact) mass is 319 g/mol. The number of halogens is 1. The first-order chi connectivity index (χ1) is 10.2. The molecule has 0 spiro atoms. The molecule has 0 aliphatic rings. The van der Waals surface area contributed by atoms with Gasteiger partial charge in [0.1, 0.15) is 0 Å². The lowest BCUT2D eigenvalue weighted by Crippen LogP contribution is -2.27. The van der Waals surface area contributed by atoms with Crippen molar-refractivity contribution in [3.8, 4) is 0 Å². The molecule has 0 aliphatic carbocycles. The molecule has 1 N–H and O–H groups in total. The molecular formula is C15H14ClN3OS. The molecule has 6 heteroatoms. The molecule has 1 aromatic carbocycles. The van der Waals surface area contributed by atoms with Crippen molar-refractivity contribution < 1.29 is 0 Å². The number of nitrogens with one attached hydrogen (secondary N) is 1. The van der Waals surface area contributed by atoms with Crippen molar-refractivity contribution >= 4 is 34.0 Å². The maximum Gasteiger partial charge on any atom is 0.269 e. The third-order valence-electron chi connectivity index (χ3n) is 3.19. The van der Waals surface area contributed by atoms with Gasteiger partial charge in [-0.1, -0.05) is 23.7 Å². The highest BCUT2D eigenvalue weighted by Crippen LogP contribution is 2.20. The first-order valence-electron chi connectivity index (χ1n) is 6.63. The maximum atomic E-state index is 12.0. The minimum Gasteiger partial charge on any atom is -0.310 e. The van der Waals surface area contributed by atoms with Crippen LogP contribution in [0.3, 0.4) is 0 Å². The second kappa shape index (κ2) is 6.39. The molecule has 2 aromatic heterocycles. The quantitative estimate of drug-likeness (QED) is 0.736. The molecule has 108 valence electrons. The SMILES string of the molecule is O=c1cnc2ccccc2n1CCNCc1ccc(Cl)s1. The Morgan fingerprint density at radius 3 is 2.90 bits per heavy atom. The zero-order chi connectivity index (χ0) is 14.7. The van der Waals surface area contributed by atoms with E-state index in [1.54, 1.807) is 15.9 Å². The molecule has 0 fully saturated rings. The molecule has 0 unspecified atom stereocenters. The van der Waals surface area contributed by atoms with Gasteiger partial charge in [0.05, 0.1) is 21.6 Å². The number of benzene rings is 1. The summed E-state index contributed by atoms with van der Waals surface area (Å²) in [7, 11) is 0. The van der Waals surface area contributed by atoms with Crippen molar-refractivity contribution in [3.05, 3.63) is 62.2 Å². The Morgan fingerprint density at radius 1 is 1.24 bits per heavy atom. The van der Waals surface area contributed by atoms with Crippen LogP contribution in [-0.2, 0) is 13.1 Å². The van der Waals surface area contributed by atoms with Gasteiger partial charge >= 0.3 is 0 Å². The molecule has 3 rings (SSSR count). The van der Waals surface area contributed by atoms with Gasteiger partial charge in [-0.15, -0.1) is 11.3 Å². The van der Waals surface area contributed by atoms with Crippen LogP contribution in [0.15, 0.2) is 47.4 Å². The van der Waals surface area contributed by atoms with Crippen LogP contribution in [0.25, 0.3) is 11.0 Å². The van der Waals surface area contributed by atoms with Crippen molar-refractivity contribution in [2.75, 3.05) is 6.54 Å². The molecular weight excluding hydrogens is 306 g/mol. The highest BCUT2D eigenvalue weighted by Gasteiger charge is 2.03. The third kappa shape index (κ3) is 3.32. The number of rotatable bonds is 5. The molecule has 0 saturated carbocycles. The van der Waals surface area contributed by atoms with E-state index in [1.165, 1.54) is 11.1 Å². The van der Waals surface area contributed by atoms with Gasteiger partial charge in [-0.25, -0.2) is 4.98 Å². The number of thiophene rings is 1. The summed E-state index contributed by atoms with van der Waals surface area (Å²) >= 11 is 7.46. The van der Waals surface area contributed by atoms with Crippen LogP contribution in [-0.4, -0.2) is 16.1 Å². The fraction of sp³-hybridized carbons (Fsp3) is 0.200. The van der Waals surface area contributed by atoms with Gasteiger partial charge in [-0.05, 0) is 24.3 Å². The Bertz CT molecular complexity index is 812. The number of nitrogens with zero attached hydrogens (tertiary/aromatic N) is 2. The van der Waals surface area contributed by atoms with Gasteiger partial charge in [0, 0.05) is 24.5 Å². The minimum atomic E-state index is -0.0744. The summed E-state index contributed by atoms with van der Waals surface area (Å²) in [5.41, 5.74) is 1.63. The van der Waals surface area contributed by atoms with Crippen molar-refractivity contribution in [2.24, 2.45) is 0 Å². The van der Waals surface area contributed by atoms with Crippen LogP contribution in [0.1, 0.15) is 4.88 Å². The van der Waals surface area contributed by atoms with E-state index in [1.807, 2.05) is 36.4 Å². The first-order valence-corrected chi connectivity index (χ1v) is 7.83.